The minimum absolute atomic E-state index is 0.708. The zero-order valence-electron chi connectivity index (χ0n) is 1.77. The normalized spacial score (nSPS) is 9.00. The quantitative estimate of drug-likeness (QED) is 0.474. The molecule has 0 aromatic rings. The van der Waals surface area contributed by atoms with Gasteiger partial charge in [-0.15, -0.1) is 0 Å². The van der Waals surface area contributed by atoms with E-state index in [4.69, 9.17) is 0 Å². The number of halogens is 1. The SMILES string of the molecule is [V]=[N]PI. The predicted octanol–water partition coefficient (Wildman–Crippen LogP) is 1.66. The van der Waals surface area contributed by atoms with Gasteiger partial charge in [0.1, 0.15) is 0 Å². The maximum absolute atomic E-state index is 3.69. The molecule has 0 amide bonds. The van der Waals surface area contributed by atoms with Crippen LogP contribution in [0.5, 0.6) is 0 Å². The van der Waals surface area contributed by atoms with E-state index in [-0.39, 0.29) is 0 Å². The van der Waals surface area contributed by atoms with E-state index in [1.807, 2.05) is 0 Å². The van der Waals surface area contributed by atoms with Gasteiger partial charge in [0.05, 0.1) is 0 Å². The van der Waals surface area contributed by atoms with Gasteiger partial charge in [0.2, 0.25) is 0 Å². The van der Waals surface area contributed by atoms with Crippen molar-refractivity contribution in [1.82, 2.24) is 0 Å². The molecule has 0 spiro atoms. The molecule has 1 unspecified atom stereocenters. The Bertz CT molecular complexity index is 22.0. The zero-order chi connectivity index (χ0) is 3.41. The Morgan fingerprint density at radius 2 is 2.25 bits per heavy atom. The fraction of sp³-hybridized carbons (Fsp3) is 0. The Balaban J connectivity index is 2.30. The minimum atomic E-state index is 0.708. The first-order valence-electron chi connectivity index (χ1n) is 0.613. The van der Waals surface area contributed by atoms with E-state index in [1.165, 1.54) is 0 Å². The standard InChI is InChI=1S/HINP.V/c1-3-2;/h3H;. The zero-order valence-corrected chi connectivity index (χ0v) is 6.33. The van der Waals surface area contributed by atoms with Crippen molar-refractivity contribution in [2.24, 2.45) is 3.56 Å². The third kappa shape index (κ3) is 3.54. The number of hydrogen-bond acceptors (Lipinski definition) is 1. The van der Waals surface area contributed by atoms with E-state index in [0.717, 1.165) is 0 Å². The van der Waals surface area contributed by atoms with Crippen LogP contribution >= 0.6 is 28.4 Å². The van der Waals surface area contributed by atoms with Crippen molar-refractivity contribution in [3.8, 4) is 0 Å². The third-order valence-electron chi connectivity index (χ3n) is 0.0378. The second kappa shape index (κ2) is 4.54. The summed E-state index contributed by atoms with van der Waals surface area (Å²) in [6.45, 7) is 0. The fourth-order valence-corrected chi connectivity index (χ4v) is 0. The monoisotopic (exact) mass is 224 g/mol. The second-order valence-corrected chi connectivity index (χ2v) is 2.94. The first-order valence-corrected chi connectivity index (χ1v) is 5.30. The molecule has 0 bridgehead atoms. The van der Waals surface area contributed by atoms with Gasteiger partial charge in [-0.2, -0.15) is 0 Å². The molecule has 0 radical (unpaired) electrons. The van der Waals surface area contributed by atoms with Gasteiger partial charge in [-0.25, -0.2) is 0 Å². The molecule has 0 fully saturated rings. The van der Waals surface area contributed by atoms with E-state index in [2.05, 4.69) is 42.8 Å². The van der Waals surface area contributed by atoms with E-state index in [1.54, 1.807) is 0 Å². The van der Waals surface area contributed by atoms with Crippen LogP contribution in [0.1, 0.15) is 0 Å². The summed E-state index contributed by atoms with van der Waals surface area (Å²) in [6, 6.07) is 0. The van der Waals surface area contributed by atoms with Crippen LogP contribution in [0, 0.1) is 0 Å². The Kier molecular flexibility index (Phi) is 6.30. The van der Waals surface area contributed by atoms with Gasteiger partial charge in [-0.3, -0.25) is 0 Å². The summed E-state index contributed by atoms with van der Waals surface area (Å²) in [5, 5.41) is 0. The van der Waals surface area contributed by atoms with Crippen LogP contribution in [0.2, 0.25) is 0 Å². The Labute approximate surface area is 49.0 Å². The molecule has 1 atom stereocenters. The molecule has 0 saturated carbocycles. The summed E-state index contributed by atoms with van der Waals surface area (Å²) >= 11 is 4.36. The molecule has 0 aromatic heterocycles. The van der Waals surface area contributed by atoms with Crippen molar-refractivity contribution in [2.45, 2.75) is 0 Å². The van der Waals surface area contributed by atoms with Gasteiger partial charge in [-0.05, 0) is 0 Å². The average molecular weight is 224 g/mol. The van der Waals surface area contributed by atoms with Gasteiger partial charge in [-0.1, -0.05) is 0 Å². The van der Waals surface area contributed by atoms with Crippen LogP contribution in [0.15, 0.2) is 3.56 Å². The molecule has 1 nitrogen and oxygen atoms in total. The van der Waals surface area contributed by atoms with Gasteiger partial charge in [0.15, 0.2) is 0 Å². The molecular formula is HINPV. The Hall–Kier alpha value is 1.54. The van der Waals surface area contributed by atoms with Crippen molar-refractivity contribution in [1.29, 1.82) is 0 Å². The van der Waals surface area contributed by atoms with Crippen LogP contribution in [-0.2, 0) is 17.2 Å². The summed E-state index contributed by atoms with van der Waals surface area (Å²) in [7, 11) is 0. The molecule has 0 aromatic carbocycles. The summed E-state index contributed by atoms with van der Waals surface area (Å²) < 4.78 is 3.69. The van der Waals surface area contributed by atoms with Gasteiger partial charge in [0, 0.05) is 0 Å². The van der Waals surface area contributed by atoms with Crippen molar-refractivity contribution in [2.75, 3.05) is 0 Å². The van der Waals surface area contributed by atoms with Gasteiger partial charge >= 0.3 is 49.2 Å². The molecule has 0 heterocycles. The molecule has 0 saturated heterocycles. The molecule has 0 aliphatic carbocycles. The fourth-order valence-electron chi connectivity index (χ4n) is 0. The number of rotatable bonds is 1. The molecule has 0 N–H and O–H groups in total. The maximum atomic E-state index is 3.69. The molecule has 23 valence electrons. The van der Waals surface area contributed by atoms with Crippen LogP contribution in [0.25, 0.3) is 0 Å². The topological polar surface area (TPSA) is 12.4 Å². The Morgan fingerprint density at radius 3 is 2.25 bits per heavy atom. The van der Waals surface area contributed by atoms with Crippen LogP contribution in [0.4, 0.5) is 0 Å². The number of nitrogens with zero attached hydrogens (tertiary/aromatic N) is 1. The predicted molar refractivity (Wildman–Crippen MR) is 24.8 cm³/mol. The van der Waals surface area contributed by atoms with Crippen molar-refractivity contribution in [3.05, 3.63) is 0 Å². The summed E-state index contributed by atoms with van der Waals surface area (Å²) in [5.74, 6) is 0. The number of hydrogen-bond donors (Lipinski definition) is 0. The van der Waals surface area contributed by atoms with Crippen LogP contribution < -0.4 is 0 Å². The van der Waals surface area contributed by atoms with E-state index in [0.29, 0.717) is 6.37 Å². The van der Waals surface area contributed by atoms with Crippen LogP contribution in [0.3, 0.4) is 0 Å². The van der Waals surface area contributed by atoms with Crippen molar-refractivity contribution in [3.63, 3.8) is 0 Å². The molecular weight excluding hydrogens is 223 g/mol. The summed E-state index contributed by atoms with van der Waals surface area (Å²) in [6.07, 6.45) is 0.708. The van der Waals surface area contributed by atoms with E-state index < -0.39 is 0 Å². The molecule has 0 aliphatic rings. The second-order valence-electron chi connectivity index (χ2n) is 0.185. The third-order valence-corrected chi connectivity index (χ3v) is 3.14. The van der Waals surface area contributed by atoms with Crippen LogP contribution in [-0.4, -0.2) is 0 Å². The first-order chi connectivity index (χ1) is 1.91. The molecule has 0 rings (SSSR count). The average Bonchev–Trinajstić information content (AvgIpc) is 1.37. The summed E-state index contributed by atoms with van der Waals surface area (Å²) in [4.78, 5) is 0. The molecule has 4 heteroatoms. The molecule has 4 heavy (non-hydrogen) atoms. The van der Waals surface area contributed by atoms with E-state index in [9.17, 15) is 0 Å². The molecule has 0 aliphatic heterocycles. The van der Waals surface area contributed by atoms with Crippen molar-refractivity contribution < 1.29 is 17.2 Å². The summed E-state index contributed by atoms with van der Waals surface area (Å²) in [5.41, 5.74) is 0. The Morgan fingerprint density at radius 1 is 2.00 bits per heavy atom. The van der Waals surface area contributed by atoms with E-state index >= 15 is 0 Å². The van der Waals surface area contributed by atoms with Gasteiger partial charge < -0.3 is 0 Å². The van der Waals surface area contributed by atoms with Crippen molar-refractivity contribution >= 4 is 28.4 Å². The first kappa shape index (κ1) is 5.54. The van der Waals surface area contributed by atoms with Gasteiger partial charge in [0.25, 0.3) is 0 Å².